The van der Waals surface area contributed by atoms with Crippen molar-refractivity contribution in [1.82, 2.24) is 10.4 Å². The molecule has 19 heavy (non-hydrogen) atoms. The quantitative estimate of drug-likeness (QED) is 0.741. The van der Waals surface area contributed by atoms with Gasteiger partial charge in [0.2, 0.25) is 5.91 Å². The van der Waals surface area contributed by atoms with Gasteiger partial charge in [-0.2, -0.15) is 0 Å². The van der Waals surface area contributed by atoms with Crippen molar-refractivity contribution < 1.29 is 14.4 Å². The molecule has 0 radical (unpaired) electrons. The second kappa shape index (κ2) is 6.54. The zero-order valence-electron chi connectivity index (χ0n) is 11.6. The van der Waals surface area contributed by atoms with Gasteiger partial charge in [0.25, 0.3) is 0 Å². The van der Waals surface area contributed by atoms with Gasteiger partial charge in [-0.1, -0.05) is 12.1 Å². The van der Waals surface area contributed by atoms with Gasteiger partial charge in [0, 0.05) is 0 Å². The Kier molecular flexibility index (Phi) is 4.76. The zero-order chi connectivity index (χ0) is 13.7. The lowest BCUT2D eigenvalue weighted by molar-refractivity contribution is -0.884. The fourth-order valence-corrected chi connectivity index (χ4v) is 2.14. The Hall–Kier alpha value is -1.59. The first-order valence-corrected chi connectivity index (χ1v) is 6.66. The van der Waals surface area contributed by atoms with Gasteiger partial charge in [0.15, 0.2) is 0 Å². The summed E-state index contributed by atoms with van der Waals surface area (Å²) in [5.74, 6) is 0.857. The van der Waals surface area contributed by atoms with Gasteiger partial charge >= 0.3 is 0 Å². The molecule has 1 aliphatic heterocycles. The molecule has 5 nitrogen and oxygen atoms in total. The number of quaternary nitrogens is 1. The first-order chi connectivity index (χ1) is 9.17. The number of amides is 1. The molecule has 1 aromatic carbocycles. The average molecular weight is 264 g/mol. The minimum atomic E-state index is 0.0460. The van der Waals surface area contributed by atoms with E-state index in [4.69, 9.17) is 4.74 Å². The average Bonchev–Trinajstić information content (AvgIpc) is 2.42. The fourth-order valence-electron chi connectivity index (χ4n) is 2.14. The second-order valence-electron chi connectivity index (χ2n) is 5.00. The monoisotopic (exact) mass is 264 g/mol. The first kappa shape index (κ1) is 13.8. The van der Waals surface area contributed by atoms with E-state index in [-0.39, 0.29) is 5.91 Å². The number of hydrogen-bond acceptors (Lipinski definition) is 3. The van der Waals surface area contributed by atoms with Crippen molar-refractivity contribution in [2.24, 2.45) is 0 Å². The molecule has 0 atom stereocenters. The third kappa shape index (κ3) is 4.22. The number of nitrogens with zero attached hydrogens (tertiary/aromatic N) is 1. The lowest BCUT2D eigenvalue weighted by Crippen LogP contribution is -3.12. The summed E-state index contributed by atoms with van der Waals surface area (Å²) in [4.78, 5) is 13.4. The summed E-state index contributed by atoms with van der Waals surface area (Å²) in [5, 5.41) is 2.01. The van der Waals surface area contributed by atoms with E-state index < -0.39 is 0 Å². The molecule has 0 aromatic heterocycles. The third-order valence-electron chi connectivity index (χ3n) is 3.42. The summed E-state index contributed by atoms with van der Waals surface area (Å²) in [6.45, 7) is 3.98. The fraction of sp³-hybridized carbons (Fsp3) is 0.500. The van der Waals surface area contributed by atoms with Crippen LogP contribution in [0.5, 0.6) is 5.75 Å². The maximum absolute atomic E-state index is 11.9. The van der Waals surface area contributed by atoms with Crippen LogP contribution in [-0.4, -0.2) is 51.3 Å². The molecular weight excluding hydrogens is 242 g/mol. The SMILES string of the molecule is COc1ccc(CC(=O)NN2CC[NH+](C)CC2)cc1. The van der Waals surface area contributed by atoms with Crippen LogP contribution in [-0.2, 0) is 11.2 Å². The van der Waals surface area contributed by atoms with Gasteiger partial charge in [0.1, 0.15) is 5.75 Å². The van der Waals surface area contributed by atoms with Crippen LogP contribution >= 0.6 is 0 Å². The molecule has 1 fully saturated rings. The van der Waals surface area contributed by atoms with E-state index in [0.717, 1.165) is 37.5 Å². The van der Waals surface area contributed by atoms with Gasteiger partial charge in [-0.15, -0.1) is 0 Å². The minimum absolute atomic E-state index is 0.0460. The lowest BCUT2D eigenvalue weighted by atomic mass is 10.1. The van der Waals surface area contributed by atoms with E-state index in [0.29, 0.717) is 6.42 Å². The van der Waals surface area contributed by atoms with E-state index in [9.17, 15) is 4.79 Å². The molecule has 1 aliphatic rings. The number of benzene rings is 1. The summed E-state index contributed by atoms with van der Waals surface area (Å²) in [5.41, 5.74) is 3.96. The number of piperazine rings is 1. The van der Waals surface area contributed by atoms with E-state index in [1.165, 1.54) is 4.90 Å². The van der Waals surface area contributed by atoms with Crippen LogP contribution in [0.1, 0.15) is 5.56 Å². The number of hydrogen-bond donors (Lipinski definition) is 2. The van der Waals surface area contributed by atoms with Gasteiger partial charge in [-0.25, -0.2) is 5.01 Å². The molecule has 1 amide bonds. The molecule has 0 saturated carbocycles. The topological polar surface area (TPSA) is 46.0 Å². The number of hydrazine groups is 1. The molecule has 0 bridgehead atoms. The Morgan fingerprint density at radius 1 is 1.32 bits per heavy atom. The van der Waals surface area contributed by atoms with Crippen molar-refractivity contribution in [2.45, 2.75) is 6.42 Å². The maximum atomic E-state index is 11.9. The molecular formula is C14H22N3O2+. The molecule has 1 heterocycles. The van der Waals surface area contributed by atoms with Crippen molar-refractivity contribution in [3.05, 3.63) is 29.8 Å². The van der Waals surface area contributed by atoms with Crippen LogP contribution < -0.4 is 15.1 Å². The highest BCUT2D eigenvalue weighted by molar-refractivity contribution is 5.78. The molecule has 1 aromatic rings. The second-order valence-corrected chi connectivity index (χ2v) is 5.00. The summed E-state index contributed by atoms with van der Waals surface area (Å²) in [7, 11) is 3.81. The minimum Gasteiger partial charge on any atom is -0.497 e. The highest BCUT2D eigenvalue weighted by Gasteiger charge is 2.18. The smallest absolute Gasteiger partial charge is 0.238 e. The number of carbonyl (C=O) groups excluding carboxylic acids is 1. The number of likely N-dealkylation sites (N-methyl/N-ethyl adjacent to an activating group) is 1. The predicted molar refractivity (Wildman–Crippen MR) is 73.0 cm³/mol. The van der Waals surface area contributed by atoms with Crippen molar-refractivity contribution in [2.75, 3.05) is 40.3 Å². The number of rotatable bonds is 4. The van der Waals surface area contributed by atoms with Crippen LogP contribution in [0.2, 0.25) is 0 Å². The van der Waals surface area contributed by atoms with Crippen LogP contribution in [0.3, 0.4) is 0 Å². The molecule has 2 rings (SSSR count). The highest BCUT2D eigenvalue weighted by Crippen LogP contribution is 2.11. The highest BCUT2D eigenvalue weighted by atomic mass is 16.5. The maximum Gasteiger partial charge on any atom is 0.238 e. The molecule has 2 N–H and O–H groups in total. The number of nitrogens with one attached hydrogen (secondary N) is 2. The van der Waals surface area contributed by atoms with E-state index in [1.54, 1.807) is 7.11 Å². The number of ether oxygens (including phenoxy) is 1. The number of carbonyl (C=O) groups is 1. The summed E-state index contributed by atoms with van der Waals surface area (Å²) < 4.78 is 5.09. The Morgan fingerprint density at radius 3 is 2.53 bits per heavy atom. The normalized spacial score (nSPS) is 17.2. The first-order valence-electron chi connectivity index (χ1n) is 6.66. The standard InChI is InChI=1S/C14H21N3O2/c1-16-7-9-17(10-8-16)15-14(18)11-12-3-5-13(19-2)6-4-12/h3-6H,7-11H2,1-2H3,(H,15,18)/p+1. The van der Waals surface area contributed by atoms with Crippen LogP contribution in [0, 0.1) is 0 Å². The van der Waals surface area contributed by atoms with Gasteiger partial charge in [0.05, 0.1) is 46.8 Å². The van der Waals surface area contributed by atoms with Crippen molar-refractivity contribution in [1.29, 1.82) is 0 Å². The van der Waals surface area contributed by atoms with Crippen molar-refractivity contribution in [3.8, 4) is 5.75 Å². The van der Waals surface area contributed by atoms with Crippen LogP contribution in [0.4, 0.5) is 0 Å². The van der Waals surface area contributed by atoms with Gasteiger partial charge in [-0.05, 0) is 17.7 Å². The Morgan fingerprint density at radius 2 is 1.95 bits per heavy atom. The van der Waals surface area contributed by atoms with Crippen LogP contribution in [0.15, 0.2) is 24.3 Å². The zero-order valence-corrected chi connectivity index (χ0v) is 11.6. The molecule has 0 aliphatic carbocycles. The summed E-state index contributed by atoms with van der Waals surface area (Å²) in [6, 6.07) is 7.60. The summed E-state index contributed by atoms with van der Waals surface area (Å²) >= 11 is 0. The van der Waals surface area contributed by atoms with E-state index in [1.807, 2.05) is 29.3 Å². The largest absolute Gasteiger partial charge is 0.497 e. The van der Waals surface area contributed by atoms with Gasteiger partial charge in [-0.3, -0.25) is 10.2 Å². The van der Waals surface area contributed by atoms with Crippen LogP contribution in [0.25, 0.3) is 0 Å². The molecule has 0 spiro atoms. The number of methoxy groups -OCH3 is 1. The van der Waals surface area contributed by atoms with E-state index >= 15 is 0 Å². The Balaban J connectivity index is 1.80. The van der Waals surface area contributed by atoms with Gasteiger partial charge < -0.3 is 9.64 Å². The molecule has 1 saturated heterocycles. The van der Waals surface area contributed by atoms with E-state index in [2.05, 4.69) is 12.5 Å². The van der Waals surface area contributed by atoms with Crippen molar-refractivity contribution >= 4 is 5.91 Å². The Labute approximate surface area is 114 Å². The third-order valence-corrected chi connectivity index (χ3v) is 3.42. The predicted octanol–water partition coefficient (Wildman–Crippen LogP) is -0.901. The Bertz CT molecular complexity index is 411. The lowest BCUT2D eigenvalue weighted by Gasteiger charge is -2.30. The molecule has 5 heteroatoms. The summed E-state index contributed by atoms with van der Waals surface area (Å²) in [6.07, 6.45) is 0.406. The van der Waals surface area contributed by atoms with Crippen molar-refractivity contribution in [3.63, 3.8) is 0 Å². The molecule has 0 unspecified atom stereocenters. The molecule has 104 valence electrons.